The fourth-order valence-corrected chi connectivity index (χ4v) is 4.12. The number of fused-ring (bicyclic) bond motifs is 1. The molecule has 0 saturated heterocycles. The molecule has 0 radical (unpaired) electrons. The fourth-order valence-electron chi connectivity index (χ4n) is 4.12. The van der Waals surface area contributed by atoms with E-state index < -0.39 is 0 Å². The Bertz CT molecular complexity index is 279. The van der Waals surface area contributed by atoms with Crippen LogP contribution in [0.1, 0.15) is 70.6 Å². The molecule has 3 saturated carbocycles. The highest BCUT2D eigenvalue weighted by Gasteiger charge is 2.35. The molecule has 0 aromatic rings. The number of ketones is 1. The van der Waals surface area contributed by atoms with Gasteiger partial charge in [0.2, 0.25) is 0 Å². The van der Waals surface area contributed by atoms with Crippen molar-refractivity contribution in [1.29, 1.82) is 0 Å². The third-order valence-electron chi connectivity index (χ3n) is 5.49. The molecule has 96 valence electrons. The summed E-state index contributed by atoms with van der Waals surface area (Å²) in [5, 5.41) is 0. The van der Waals surface area contributed by atoms with Crippen LogP contribution in [0.2, 0.25) is 0 Å². The highest BCUT2D eigenvalue weighted by molar-refractivity contribution is 5.81. The second-order valence-corrected chi connectivity index (χ2v) is 6.76. The molecular weight excluding hydrogens is 208 g/mol. The zero-order chi connectivity index (χ0) is 11.7. The summed E-state index contributed by atoms with van der Waals surface area (Å²) < 4.78 is 0. The van der Waals surface area contributed by atoms with Crippen LogP contribution in [0.15, 0.2) is 0 Å². The van der Waals surface area contributed by atoms with E-state index in [2.05, 4.69) is 0 Å². The molecule has 0 aliphatic heterocycles. The van der Waals surface area contributed by atoms with E-state index in [4.69, 9.17) is 0 Å². The maximum Gasteiger partial charge on any atom is 0.135 e. The predicted molar refractivity (Wildman–Crippen MR) is 69.8 cm³/mol. The molecule has 17 heavy (non-hydrogen) atoms. The van der Waals surface area contributed by atoms with Gasteiger partial charge < -0.3 is 0 Å². The molecule has 3 fully saturated rings. The molecule has 0 N–H and O–H groups in total. The lowest BCUT2D eigenvalue weighted by Gasteiger charge is -2.38. The fraction of sp³-hybridized carbons (Fsp3) is 0.938. The molecule has 0 heterocycles. The van der Waals surface area contributed by atoms with Gasteiger partial charge in [0, 0.05) is 12.3 Å². The van der Waals surface area contributed by atoms with Crippen molar-refractivity contribution >= 4 is 5.78 Å². The van der Waals surface area contributed by atoms with E-state index in [1.807, 2.05) is 0 Å². The van der Waals surface area contributed by atoms with E-state index in [1.165, 1.54) is 64.2 Å². The van der Waals surface area contributed by atoms with Crippen LogP contribution in [-0.4, -0.2) is 5.78 Å². The molecule has 0 aromatic carbocycles. The van der Waals surface area contributed by atoms with Crippen molar-refractivity contribution in [3.8, 4) is 0 Å². The van der Waals surface area contributed by atoms with Crippen LogP contribution in [0, 0.1) is 23.7 Å². The second-order valence-electron chi connectivity index (χ2n) is 6.76. The normalized spacial score (nSPS) is 37.5. The Labute approximate surface area is 105 Å². The lowest BCUT2D eigenvalue weighted by molar-refractivity contribution is -0.125. The first-order valence-corrected chi connectivity index (χ1v) is 7.85. The SMILES string of the molecule is O=C(CCC1CC1)C1CCC2CCCCC2C1. The Morgan fingerprint density at radius 1 is 0.882 bits per heavy atom. The number of carbonyl (C=O) groups is 1. The number of Topliss-reactive ketones (excluding diaryl/α,β-unsaturated/α-hetero) is 1. The molecule has 0 bridgehead atoms. The zero-order valence-electron chi connectivity index (χ0n) is 11.0. The van der Waals surface area contributed by atoms with E-state index in [9.17, 15) is 4.79 Å². The summed E-state index contributed by atoms with van der Waals surface area (Å²) in [6, 6.07) is 0. The lowest BCUT2D eigenvalue weighted by atomic mass is 9.66. The van der Waals surface area contributed by atoms with Gasteiger partial charge in [-0.3, -0.25) is 4.79 Å². The highest BCUT2D eigenvalue weighted by atomic mass is 16.1. The number of carbonyl (C=O) groups excluding carboxylic acids is 1. The van der Waals surface area contributed by atoms with Gasteiger partial charge in [0.1, 0.15) is 5.78 Å². The van der Waals surface area contributed by atoms with E-state index in [0.717, 1.165) is 24.2 Å². The summed E-state index contributed by atoms with van der Waals surface area (Å²) in [7, 11) is 0. The Hall–Kier alpha value is -0.330. The van der Waals surface area contributed by atoms with Crippen LogP contribution in [0.25, 0.3) is 0 Å². The van der Waals surface area contributed by atoms with E-state index in [-0.39, 0.29) is 0 Å². The van der Waals surface area contributed by atoms with Crippen molar-refractivity contribution in [2.45, 2.75) is 70.6 Å². The van der Waals surface area contributed by atoms with Crippen molar-refractivity contribution in [3.63, 3.8) is 0 Å². The third kappa shape index (κ3) is 2.92. The molecule has 3 aliphatic carbocycles. The minimum absolute atomic E-state index is 0.452. The molecule has 3 aliphatic rings. The molecular formula is C16H26O. The molecule has 0 spiro atoms. The van der Waals surface area contributed by atoms with Gasteiger partial charge in [0.05, 0.1) is 0 Å². The van der Waals surface area contributed by atoms with Gasteiger partial charge in [0.15, 0.2) is 0 Å². The highest BCUT2D eigenvalue weighted by Crippen LogP contribution is 2.43. The van der Waals surface area contributed by atoms with Crippen molar-refractivity contribution in [2.75, 3.05) is 0 Å². The number of rotatable bonds is 4. The van der Waals surface area contributed by atoms with Gasteiger partial charge in [-0.25, -0.2) is 0 Å². The largest absolute Gasteiger partial charge is 0.299 e. The first-order chi connectivity index (χ1) is 8.33. The minimum atomic E-state index is 0.452. The maximum absolute atomic E-state index is 12.2. The van der Waals surface area contributed by atoms with Crippen molar-refractivity contribution in [2.24, 2.45) is 23.7 Å². The van der Waals surface area contributed by atoms with Crippen LogP contribution in [0.5, 0.6) is 0 Å². The summed E-state index contributed by atoms with van der Waals surface area (Å²) in [6.07, 6.45) is 14.4. The van der Waals surface area contributed by atoms with Gasteiger partial charge in [-0.05, 0) is 43.4 Å². The van der Waals surface area contributed by atoms with E-state index >= 15 is 0 Å². The summed E-state index contributed by atoms with van der Waals surface area (Å²) in [5.41, 5.74) is 0. The summed E-state index contributed by atoms with van der Waals surface area (Å²) in [5.74, 6) is 3.88. The Morgan fingerprint density at radius 2 is 1.65 bits per heavy atom. The van der Waals surface area contributed by atoms with Crippen LogP contribution in [0.3, 0.4) is 0 Å². The van der Waals surface area contributed by atoms with Gasteiger partial charge >= 0.3 is 0 Å². The first kappa shape index (κ1) is 11.7. The average Bonchev–Trinajstić information content (AvgIpc) is 3.19. The summed E-state index contributed by atoms with van der Waals surface area (Å²) >= 11 is 0. The van der Waals surface area contributed by atoms with Gasteiger partial charge in [-0.2, -0.15) is 0 Å². The number of hydrogen-bond donors (Lipinski definition) is 0. The van der Waals surface area contributed by atoms with Crippen molar-refractivity contribution in [3.05, 3.63) is 0 Å². The Kier molecular flexibility index (Phi) is 3.54. The smallest absolute Gasteiger partial charge is 0.135 e. The third-order valence-corrected chi connectivity index (χ3v) is 5.49. The molecule has 1 nitrogen and oxygen atoms in total. The molecule has 3 unspecified atom stereocenters. The second kappa shape index (κ2) is 5.12. The van der Waals surface area contributed by atoms with Crippen molar-refractivity contribution < 1.29 is 4.79 Å². The van der Waals surface area contributed by atoms with Crippen LogP contribution >= 0.6 is 0 Å². The molecule has 0 amide bonds. The van der Waals surface area contributed by atoms with Gasteiger partial charge in [0.25, 0.3) is 0 Å². The van der Waals surface area contributed by atoms with Crippen molar-refractivity contribution in [1.82, 2.24) is 0 Å². The molecule has 3 rings (SSSR count). The monoisotopic (exact) mass is 234 g/mol. The predicted octanol–water partition coefficient (Wildman–Crippen LogP) is 4.35. The first-order valence-electron chi connectivity index (χ1n) is 7.85. The van der Waals surface area contributed by atoms with Crippen LogP contribution < -0.4 is 0 Å². The summed E-state index contributed by atoms with van der Waals surface area (Å²) in [4.78, 5) is 12.2. The minimum Gasteiger partial charge on any atom is -0.299 e. The van der Waals surface area contributed by atoms with Crippen LogP contribution in [0.4, 0.5) is 0 Å². The Morgan fingerprint density at radius 3 is 2.41 bits per heavy atom. The Balaban J connectivity index is 1.48. The topological polar surface area (TPSA) is 17.1 Å². The van der Waals surface area contributed by atoms with Gasteiger partial charge in [-0.1, -0.05) is 38.5 Å². The molecule has 1 heteroatoms. The van der Waals surface area contributed by atoms with E-state index in [0.29, 0.717) is 11.7 Å². The lowest BCUT2D eigenvalue weighted by Crippen LogP contribution is -2.31. The maximum atomic E-state index is 12.2. The molecule has 0 aromatic heterocycles. The average molecular weight is 234 g/mol. The van der Waals surface area contributed by atoms with Crippen LogP contribution in [-0.2, 0) is 4.79 Å². The quantitative estimate of drug-likeness (QED) is 0.706. The zero-order valence-corrected chi connectivity index (χ0v) is 11.0. The molecule has 3 atom stereocenters. The van der Waals surface area contributed by atoms with Gasteiger partial charge in [-0.15, -0.1) is 0 Å². The number of hydrogen-bond acceptors (Lipinski definition) is 1. The van der Waals surface area contributed by atoms with E-state index in [1.54, 1.807) is 0 Å². The summed E-state index contributed by atoms with van der Waals surface area (Å²) in [6.45, 7) is 0. The standard InChI is InChI=1S/C16H26O/c17-16(10-7-12-5-6-12)15-9-8-13-3-1-2-4-14(13)11-15/h12-15H,1-11H2.